The molecule has 0 saturated heterocycles. The molecule has 1 atom stereocenters. The zero-order chi connectivity index (χ0) is 18.7. The van der Waals surface area contributed by atoms with Crippen LogP contribution in [-0.4, -0.2) is 29.9 Å². The maximum atomic E-state index is 12.7. The lowest BCUT2D eigenvalue weighted by molar-refractivity contribution is -0.137. The summed E-state index contributed by atoms with van der Waals surface area (Å²) >= 11 is 1.78. The van der Waals surface area contributed by atoms with Crippen LogP contribution in [0.5, 0.6) is 0 Å². The van der Waals surface area contributed by atoms with E-state index in [4.69, 9.17) is 0 Å². The third-order valence-corrected chi connectivity index (χ3v) is 5.70. The highest BCUT2D eigenvalue weighted by molar-refractivity contribution is 7.10. The van der Waals surface area contributed by atoms with Crippen LogP contribution in [0.2, 0.25) is 0 Å². The van der Waals surface area contributed by atoms with Gasteiger partial charge in [-0.15, -0.1) is 11.3 Å². The lowest BCUT2D eigenvalue weighted by Gasteiger charge is -2.32. The molecule has 1 unspecified atom stereocenters. The Bertz CT molecular complexity index is 772. The van der Waals surface area contributed by atoms with E-state index in [9.17, 15) is 18.0 Å². The summed E-state index contributed by atoms with van der Waals surface area (Å²) in [5.74, 6) is -0.260. The van der Waals surface area contributed by atoms with E-state index < -0.39 is 11.7 Å². The van der Waals surface area contributed by atoms with E-state index >= 15 is 0 Å². The number of benzene rings is 1. The molecule has 140 valence electrons. The van der Waals surface area contributed by atoms with Gasteiger partial charge in [0.15, 0.2) is 0 Å². The Morgan fingerprint density at radius 1 is 1.35 bits per heavy atom. The van der Waals surface area contributed by atoms with Crippen LogP contribution in [0.15, 0.2) is 35.7 Å². The van der Waals surface area contributed by atoms with Crippen molar-refractivity contribution in [2.45, 2.75) is 38.5 Å². The fourth-order valence-electron chi connectivity index (χ4n) is 3.14. The number of hydrogen-bond acceptors (Lipinski definition) is 3. The lowest BCUT2D eigenvalue weighted by Crippen LogP contribution is -2.44. The molecule has 1 amide bonds. The summed E-state index contributed by atoms with van der Waals surface area (Å²) in [5.41, 5.74) is 0.991. The van der Waals surface area contributed by atoms with Crippen molar-refractivity contribution in [3.8, 4) is 0 Å². The molecule has 0 radical (unpaired) electrons. The molecule has 0 saturated carbocycles. The van der Waals surface area contributed by atoms with Gasteiger partial charge in [-0.2, -0.15) is 13.2 Å². The number of nitrogens with one attached hydrogen (secondary N) is 1. The highest BCUT2D eigenvalue weighted by atomic mass is 32.1. The summed E-state index contributed by atoms with van der Waals surface area (Å²) in [4.78, 5) is 15.9. The van der Waals surface area contributed by atoms with Crippen molar-refractivity contribution >= 4 is 17.2 Å². The first-order valence-electron chi connectivity index (χ1n) is 8.55. The predicted molar refractivity (Wildman–Crippen MR) is 96.1 cm³/mol. The summed E-state index contributed by atoms with van der Waals surface area (Å²) in [5, 5.41) is 4.95. The number of alkyl halides is 3. The molecule has 1 aromatic carbocycles. The van der Waals surface area contributed by atoms with Crippen LogP contribution in [0.3, 0.4) is 0 Å². The molecule has 0 spiro atoms. The number of carbonyl (C=O) groups is 1. The van der Waals surface area contributed by atoms with Crippen molar-refractivity contribution in [1.82, 2.24) is 10.2 Å². The van der Waals surface area contributed by atoms with Crippen LogP contribution < -0.4 is 5.32 Å². The average molecular weight is 382 g/mol. The monoisotopic (exact) mass is 382 g/mol. The van der Waals surface area contributed by atoms with E-state index in [1.54, 1.807) is 17.4 Å². The van der Waals surface area contributed by atoms with Gasteiger partial charge in [-0.3, -0.25) is 9.69 Å². The van der Waals surface area contributed by atoms with E-state index in [0.29, 0.717) is 12.1 Å². The van der Waals surface area contributed by atoms with E-state index in [2.05, 4.69) is 28.6 Å². The maximum Gasteiger partial charge on any atom is 0.416 e. The third kappa shape index (κ3) is 4.65. The number of carbonyl (C=O) groups excluding carboxylic acids is 1. The Kier molecular flexibility index (Phi) is 5.67. The van der Waals surface area contributed by atoms with Crippen LogP contribution in [-0.2, 0) is 30.4 Å². The highest BCUT2D eigenvalue weighted by Crippen LogP contribution is 2.29. The average Bonchev–Trinajstić information content (AvgIpc) is 3.07. The molecule has 0 fully saturated rings. The maximum absolute atomic E-state index is 12.7. The molecule has 1 aliphatic rings. The standard InChI is InChI=1S/C19H21F3N2OS/c1-13(24-7-5-17-15(12-24)6-8-26-17)11-23-18(25)10-14-3-2-4-16(9-14)19(20,21)22/h2-4,6,8-9,13H,5,7,10-12H2,1H3,(H,23,25). The Hall–Kier alpha value is -1.86. The van der Waals surface area contributed by atoms with Crippen molar-refractivity contribution in [2.75, 3.05) is 13.1 Å². The van der Waals surface area contributed by atoms with E-state index in [1.165, 1.54) is 16.5 Å². The van der Waals surface area contributed by atoms with Gasteiger partial charge in [0.05, 0.1) is 12.0 Å². The minimum atomic E-state index is -4.39. The van der Waals surface area contributed by atoms with Gasteiger partial charge < -0.3 is 5.32 Å². The summed E-state index contributed by atoms with van der Waals surface area (Å²) in [6.45, 7) is 4.38. The number of thiophene rings is 1. The number of rotatable bonds is 5. The zero-order valence-corrected chi connectivity index (χ0v) is 15.3. The minimum Gasteiger partial charge on any atom is -0.354 e. The minimum absolute atomic E-state index is 0.0503. The van der Waals surface area contributed by atoms with Crippen molar-refractivity contribution in [2.24, 2.45) is 0 Å². The van der Waals surface area contributed by atoms with Crippen LogP contribution in [0.25, 0.3) is 0 Å². The van der Waals surface area contributed by atoms with Crippen molar-refractivity contribution in [1.29, 1.82) is 0 Å². The van der Waals surface area contributed by atoms with Gasteiger partial charge in [0.25, 0.3) is 0 Å². The second-order valence-electron chi connectivity index (χ2n) is 6.62. The van der Waals surface area contributed by atoms with Gasteiger partial charge in [-0.05, 0) is 42.0 Å². The molecular formula is C19H21F3N2OS. The topological polar surface area (TPSA) is 32.3 Å². The summed E-state index contributed by atoms with van der Waals surface area (Å²) in [7, 11) is 0. The van der Waals surface area contributed by atoms with Crippen LogP contribution >= 0.6 is 11.3 Å². The largest absolute Gasteiger partial charge is 0.416 e. The molecule has 3 rings (SSSR count). The van der Waals surface area contributed by atoms with Gasteiger partial charge >= 0.3 is 6.18 Å². The fraction of sp³-hybridized carbons (Fsp3) is 0.421. The third-order valence-electron chi connectivity index (χ3n) is 4.67. The molecule has 2 heterocycles. The molecule has 1 N–H and O–H groups in total. The molecular weight excluding hydrogens is 361 g/mol. The van der Waals surface area contributed by atoms with Crippen LogP contribution in [0.1, 0.15) is 28.5 Å². The number of fused-ring (bicyclic) bond motifs is 1. The Morgan fingerprint density at radius 3 is 2.92 bits per heavy atom. The molecule has 7 heteroatoms. The second kappa shape index (κ2) is 7.80. The number of hydrogen-bond donors (Lipinski definition) is 1. The van der Waals surface area contributed by atoms with Gasteiger partial charge in [-0.1, -0.05) is 18.2 Å². The molecule has 3 nitrogen and oxygen atoms in total. The fourth-order valence-corrected chi connectivity index (χ4v) is 4.03. The van der Waals surface area contributed by atoms with E-state index in [-0.39, 0.29) is 18.4 Å². The van der Waals surface area contributed by atoms with Gasteiger partial charge in [0, 0.05) is 30.6 Å². The number of nitrogens with zero attached hydrogens (tertiary/aromatic N) is 1. The first-order valence-corrected chi connectivity index (χ1v) is 9.43. The molecule has 1 aromatic heterocycles. The Labute approximate surface area is 154 Å². The summed E-state index contributed by atoms with van der Waals surface area (Å²) < 4.78 is 38.2. The molecule has 0 aliphatic carbocycles. The van der Waals surface area contributed by atoms with Crippen LogP contribution in [0.4, 0.5) is 13.2 Å². The van der Waals surface area contributed by atoms with Gasteiger partial charge in [0.1, 0.15) is 0 Å². The predicted octanol–water partition coefficient (Wildman–Crippen LogP) is 3.87. The highest BCUT2D eigenvalue weighted by Gasteiger charge is 2.30. The lowest BCUT2D eigenvalue weighted by atomic mass is 10.1. The van der Waals surface area contributed by atoms with E-state index in [0.717, 1.165) is 31.6 Å². The molecule has 2 aromatic rings. The number of amides is 1. The van der Waals surface area contributed by atoms with Crippen molar-refractivity contribution in [3.63, 3.8) is 0 Å². The molecule has 1 aliphatic heterocycles. The first kappa shape index (κ1) is 18.9. The van der Waals surface area contributed by atoms with Gasteiger partial charge in [-0.25, -0.2) is 0 Å². The quantitative estimate of drug-likeness (QED) is 0.851. The molecule has 0 bridgehead atoms. The van der Waals surface area contributed by atoms with Crippen LogP contribution in [0, 0.1) is 0 Å². The Morgan fingerprint density at radius 2 is 2.15 bits per heavy atom. The Balaban J connectivity index is 1.50. The second-order valence-corrected chi connectivity index (χ2v) is 7.62. The normalized spacial score (nSPS) is 16.2. The SMILES string of the molecule is CC(CNC(=O)Cc1cccc(C(F)(F)F)c1)N1CCc2sccc2C1. The molecule has 26 heavy (non-hydrogen) atoms. The summed E-state index contributed by atoms with van der Waals surface area (Å²) in [6, 6.07) is 7.24. The van der Waals surface area contributed by atoms with E-state index in [1.807, 2.05) is 0 Å². The smallest absolute Gasteiger partial charge is 0.354 e. The number of halogens is 3. The zero-order valence-electron chi connectivity index (χ0n) is 14.5. The van der Waals surface area contributed by atoms with Crippen molar-refractivity contribution < 1.29 is 18.0 Å². The first-order chi connectivity index (χ1) is 12.3. The van der Waals surface area contributed by atoms with Crippen molar-refractivity contribution in [3.05, 3.63) is 57.3 Å². The van der Waals surface area contributed by atoms with Gasteiger partial charge in [0.2, 0.25) is 5.91 Å². The summed E-state index contributed by atoms with van der Waals surface area (Å²) in [6.07, 6.45) is -3.42.